The second-order valence-electron chi connectivity index (χ2n) is 7.47. The molecule has 0 aromatic heterocycles. The molecule has 1 unspecified atom stereocenters. The van der Waals surface area contributed by atoms with Crippen LogP contribution in [-0.4, -0.2) is 25.7 Å². The van der Waals surface area contributed by atoms with Crippen LogP contribution < -0.4 is 20.5 Å². The first-order valence-electron chi connectivity index (χ1n) is 9.81. The van der Waals surface area contributed by atoms with Gasteiger partial charge < -0.3 is 20.5 Å². The smallest absolute Gasteiger partial charge is 0.237 e. The lowest BCUT2D eigenvalue weighted by Crippen LogP contribution is -2.42. The van der Waals surface area contributed by atoms with Gasteiger partial charge in [0.1, 0.15) is 0 Å². The van der Waals surface area contributed by atoms with Crippen LogP contribution in [0.1, 0.15) is 44.4 Å². The Morgan fingerprint density at radius 1 is 1.07 bits per heavy atom. The average molecular weight is 421 g/mol. The molecule has 0 saturated carbocycles. The molecule has 0 bridgehead atoms. The molecule has 160 valence electrons. The van der Waals surface area contributed by atoms with Gasteiger partial charge in [0.15, 0.2) is 11.5 Å². The predicted octanol–water partition coefficient (Wildman–Crippen LogP) is 4.29. The fourth-order valence-corrected chi connectivity index (χ4v) is 2.84. The van der Waals surface area contributed by atoms with Gasteiger partial charge in [-0.1, -0.05) is 50.2 Å². The zero-order valence-electron chi connectivity index (χ0n) is 17.7. The van der Waals surface area contributed by atoms with Crippen LogP contribution in [-0.2, 0) is 11.2 Å². The van der Waals surface area contributed by atoms with E-state index in [2.05, 4.69) is 19.2 Å². The third-order valence-corrected chi connectivity index (χ3v) is 4.63. The molecule has 0 radical (unpaired) electrons. The Morgan fingerprint density at radius 2 is 1.76 bits per heavy atom. The van der Waals surface area contributed by atoms with Crippen LogP contribution in [0.15, 0.2) is 48.5 Å². The lowest BCUT2D eigenvalue weighted by Gasteiger charge is -2.19. The van der Waals surface area contributed by atoms with Gasteiger partial charge in [-0.25, -0.2) is 0 Å². The normalized spacial score (nSPS) is 12.6. The van der Waals surface area contributed by atoms with Gasteiger partial charge in [-0.3, -0.25) is 4.79 Å². The first-order valence-corrected chi connectivity index (χ1v) is 9.81. The SMILES string of the molecule is COc1cc(C(C)NC(=O)[C@@H](N)Cc2ccccc2)ccc1OCCC(C)C.Cl. The van der Waals surface area contributed by atoms with Gasteiger partial charge in [0.05, 0.1) is 25.8 Å². The molecule has 1 amide bonds. The predicted molar refractivity (Wildman–Crippen MR) is 120 cm³/mol. The second kappa shape index (κ2) is 12.3. The highest BCUT2D eigenvalue weighted by molar-refractivity contribution is 5.85. The van der Waals surface area contributed by atoms with E-state index in [1.807, 2.05) is 55.5 Å². The Kier molecular flexibility index (Phi) is 10.6. The van der Waals surface area contributed by atoms with E-state index in [0.29, 0.717) is 30.4 Å². The molecule has 2 atom stereocenters. The van der Waals surface area contributed by atoms with E-state index in [0.717, 1.165) is 17.5 Å². The number of nitrogens with two attached hydrogens (primary N) is 1. The molecule has 0 aliphatic carbocycles. The molecule has 2 aromatic carbocycles. The van der Waals surface area contributed by atoms with Gasteiger partial charge in [-0.15, -0.1) is 12.4 Å². The Bertz CT molecular complexity index is 753. The summed E-state index contributed by atoms with van der Waals surface area (Å²) in [6.45, 7) is 6.91. The van der Waals surface area contributed by atoms with E-state index in [1.165, 1.54) is 0 Å². The monoisotopic (exact) mass is 420 g/mol. The van der Waals surface area contributed by atoms with E-state index in [9.17, 15) is 4.79 Å². The number of hydrogen-bond donors (Lipinski definition) is 2. The van der Waals surface area contributed by atoms with Crippen LogP contribution in [0, 0.1) is 5.92 Å². The minimum absolute atomic E-state index is 0. The van der Waals surface area contributed by atoms with Crippen LogP contribution in [0.3, 0.4) is 0 Å². The number of carbonyl (C=O) groups excluding carboxylic acids is 1. The number of rotatable bonds is 10. The Balaban J connectivity index is 0.00000420. The maximum absolute atomic E-state index is 12.5. The molecule has 0 aliphatic heterocycles. The number of benzene rings is 2. The molecule has 5 nitrogen and oxygen atoms in total. The standard InChI is InChI=1S/C23H32N2O3.ClH/c1-16(2)12-13-28-21-11-10-19(15-22(21)27-4)17(3)25-23(26)20(24)14-18-8-6-5-7-9-18;/h5-11,15-17,20H,12-14,24H2,1-4H3,(H,25,26);1H/t17?,20-;/m0./s1. The van der Waals surface area contributed by atoms with Crippen molar-refractivity contribution in [3.8, 4) is 11.5 Å². The first kappa shape index (κ1) is 24.8. The van der Waals surface area contributed by atoms with Gasteiger partial charge in [0, 0.05) is 0 Å². The highest BCUT2D eigenvalue weighted by Crippen LogP contribution is 2.30. The Hall–Kier alpha value is -2.24. The minimum Gasteiger partial charge on any atom is -0.493 e. The van der Waals surface area contributed by atoms with Crippen LogP contribution >= 0.6 is 12.4 Å². The van der Waals surface area contributed by atoms with Crippen molar-refractivity contribution in [3.63, 3.8) is 0 Å². The highest BCUT2D eigenvalue weighted by Gasteiger charge is 2.18. The molecule has 2 rings (SSSR count). The van der Waals surface area contributed by atoms with Crippen molar-refractivity contribution in [2.45, 2.75) is 45.7 Å². The van der Waals surface area contributed by atoms with E-state index < -0.39 is 6.04 Å². The Morgan fingerprint density at radius 3 is 2.38 bits per heavy atom. The highest BCUT2D eigenvalue weighted by atomic mass is 35.5. The summed E-state index contributed by atoms with van der Waals surface area (Å²) in [6.07, 6.45) is 1.49. The van der Waals surface area contributed by atoms with Gasteiger partial charge in [0.2, 0.25) is 5.91 Å². The fraction of sp³-hybridized carbons (Fsp3) is 0.435. The molecule has 6 heteroatoms. The van der Waals surface area contributed by atoms with Crippen molar-refractivity contribution in [2.75, 3.05) is 13.7 Å². The van der Waals surface area contributed by atoms with Gasteiger partial charge in [-0.2, -0.15) is 0 Å². The number of ether oxygens (including phenoxy) is 2. The average Bonchev–Trinajstić information content (AvgIpc) is 2.68. The minimum atomic E-state index is -0.592. The lowest BCUT2D eigenvalue weighted by atomic mass is 10.0. The summed E-state index contributed by atoms with van der Waals surface area (Å²) in [7, 11) is 1.62. The summed E-state index contributed by atoms with van der Waals surface area (Å²) in [5.74, 6) is 1.79. The maximum atomic E-state index is 12.5. The first-order chi connectivity index (χ1) is 13.4. The molecule has 0 spiro atoms. The van der Waals surface area contributed by atoms with Crippen LogP contribution in [0.2, 0.25) is 0 Å². The molecule has 0 heterocycles. The number of methoxy groups -OCH3 is 1. The van der Waals surface area contributed by atoms with Crippen LogP contribution in [0.25, 0.3) is 0 Å². The molecule has 0 saturated heterocycles. The van der Waals surface area contributed by atoms with Gasteiger partial charge in [-0.05, 0) is 48.9 Å². The van der Waals surface area contributed by atoms with Crippen molar-refractivity contribution < 1.29 is 14.3 Å². The zero-order chi connectivity index (χ0) is 20.5. The fourth-order valence-electron chi connectivity index (χ4n) is 2.84. The number of amides is 1. The molecule has 29 heavy (non-hydrogen) atoms. The molecule has 0 fully saturated rings. The van der Waals surface area contributed by atoms with Gasteiger partial charge in [0.25, 0.3) is 0 Å². The van der Waals surface area contributed by atoms with Crippen molar-refractivity contribution in [1.82, 2.24) is 5.32 Å². The van der Waals surface area contributed by atoms with Crippen molar-refractivity contribution >= 4 is 18.3 Å². The number of hydrogen-bond acceptors (Lipinski definition) is 4. The number of nitrogens with one attached hydrogen (secondary N) is 1. The van der Waals surface area contributed by atoms with Gasteiger partial charge >= 0.3 is 0 Å². The molecule has 2 aromatic rings. The van der Waals surface area contributed by atoms with E-state index >= 15 is 0 Å². The third-order valence-electron chi connectivity index (χ3n) is 4.63. The van der Waals surface area contributed by atoms with E-state index in [1.54, 1.807) is 7.11 Å². The second-order valence-corrected chi connectivity index (χ2v) is 7.47. The zero-order valence-corrected chi connectivity index (χ0v) is 18.5. The van der Waals surface area contributed by atoms with Crippen molar-refractivity contribution in [2.24, 2.45) is 11.7 Å². The van der Waals surface area contributed by atoms with Crippen LogP contribution in [0.5, 0.6) is 11.5 Å². The lowest BCUT2D eigenvalue weighted by molar-refractivity contribution is -0.123. The maximum Gasteiger partial charge on any atom is 0.237 e. The molecular formula is C23H33ClN2O3. The molecule has 3 N–H and O–H groups in total. The summed E-state index contributed by atoms with van der Waals surface area (Å²) in [5, 5.41) is 2.98. The topological polar surface area (TPSA) is 73.6 Å². The number of halogens is 1. The Labute approximate surface area is 180 Å². The van der Waals surface area contributed by atoms with E-state index in [4.69, 9.17) is 15.2 Å². The molecular weight excluding hydrogens is 388 g/mol. The molecule has 0 aliphatic rings. The third kappa shape index (κ3) is 7.95. The van der Waals surface area contributed by atoms with Crippen LogP contribution in [0.4, 0.5) is 0 Å². The largest absolute Gasteiger partial charge is 0.493 e. The quantitative estimate of drug-likeness (QED) is 0.601. The summed E-state index contributed by atoms with van der Waals surface area (Å²) >= 11 is 0. The summed E-state index contributed by atoms with van der Waals surface area (Å²) < 4.78 is 11.3. The van der Waals surface area contributed by atoms with E-state index in [-0.39, 0.29) is 24.4 Å². The summed E-state index contributed by atoms with van der Waals surface area (Å²) in [5.41, 5.74) is 8.06. The summed E-state index contributed by atoms with van der Waals surface area (Å²) in [6, 6.07) is 14.7. The van der Waals surface area contributed by atoms with Crippen molar-refractivity contribution in [3.05, 3.63) is 59.7 Å². The summed E-state index contributed by atoms with van der Waals surface area (Å²) in [4.78, 5) is 12.5. The number of carbonyl (C=O) groups is 1. The van der Waals surface area contributed by atoms with Crippen molar-refractivity contribution in [1.29, 1.82) is 0 Å².